The van der Waals surface area contributed by atoms with E-state index in [0.29, 0.717) is 24.3 Å². The Bertz CT molecular complexity index is 593. The third kappa shape index (κ3) is 7.50. The fourth-order valence-corrected chi connectivity index (χ4v) is 2.81. The zero-order chi connectivity index (χ0) is 18.8. The fraction of sp³-hybridized carbons (Fsp3) is 0.471. The van der Waals surface area contributed by atoms with Gasteiger partial charge in [-0.1, -0.05) is 24.3 Å². The monoisotopic (exact) mass is 384 g/mol. The average molecular weight is 385 g/mol. The molecule has 0 aromatic heterocycles. The molecule has 0 spiro atoms. The average Bonchev–Trinajstić information content (AvgIpc) is 2.62. The molecule has 0 aliphatic carbocycles. The maximum atomic E-state index is 12.3. The normalized spacial score (nSPS) is 13.1. The second-order valence-electron chi connectivity index (χ2n) is 5.65. The van der Waals surface area contributed by atoms with Gasteiger partial charge in [-0.15, -0.1) is 0 Å². The van der Waals surface area contributed by atoms with Crippen LogP contribution in [0.3, 0.4) is 0 Å². The minimum Gasteiger partial charge on any atom is -0.481 e. The number of Topliss-reactive ketones (excluding diaryl/α,β-unsaturated/α-hetero) is 1. The van der Waals surface area contributed by atoms with E-state index in [4.69, 9.17) is 5.73 Å². The summed E-state index contributed by atoms with van der Waals surface area (Å²) in [6.07, 6.45) is 2.36. The van der Waals surface area contributed by atoms with Crippen LogP contribution in [0.5, 0.6) is 0 Å². The van der Waals surface area contributed by atoms with E-state index in [-0.39, 0.29) is 23.9 Å². The van der Waals surface area contributed by atoms with Crippen LogP contribution >= 0.6 is 24.4 Å². The van der Waals surface area contributed by atoms with Crippen molar-refractivity contribution in [3.63, 3.8) is 0 Å². The molecule has 0 aliphatic rings. The van der Waals surface area contributed by atoms with E-state index in [1.807, 2.05) is 6.26 Å². The molecule has 0 aliphatic heterocycles. The van der Waals surface area contributed by atoms with Crippen LogP contribution in [0.1, 0.15) is 28.8 Å². The van der Waals surface area contributed by atoms with Gasteiger partial charge in [0.15, 0.2) is 5.78 Å². The van der Waals surface area contributed by atoms with E-state index >= 15 is 0 Å². The van der Waals surface area contributed by atoms with Crippen LogP contribution in [0.2, 0.25) is 0 Å². The summed E-state index contributed by atoms with van der Waals surface area (Å²) in [7, 11) is 0. The molecule has 0 fully saturated rings. The second-order valence-corrected chi connectivity index (χ2v) is 7.00. The molecule has 0 saturated heterocycles. The van der Waals surface area contributed by atoms with Crippen molar-refractivity contribution in [1.82, 2.24) is 5.32 Å². The Kier molecular flexibility index (Phi) is 9.62. The van der Waals surface area contributed by atoms with Gasteiger partial charge in [0.1, 0.15) is 0 Å². The molecule has 1 aromatic carbocycles. The minimum absolute atomic E-state index is 0.0111. The molecule has 2 atom stereocenters. The van der Waals surface area contributed by atoms with Crippen LogP contribution in [0, 0.1) is 5.92 Å². The Balaban J connectivity index is 2.61. The number of carboxylic acids is 1. The van der Waals surface area contributed by atoms with Crippen molar-refractivity contribution in [2.75, 3.05) is 17.8 Å². The number of thioether (sulfide) groups is 1. The summed E-state index contributed by atoms with van der Waals surface area (Å²) in [6, 6.07) is 6.11. The van der Waals surface area contributed by atoms with Crippen molar-refractivity contribution in [2.24, 2.45) is 11.7 Å². The number of rotatable bonds is 11. The largest absolute Gasteiger partial charge is 0.481 e. The zero-order valence-corrected chi connectivity index (χ0v) is 15.8. The predicted molar refractivity (Wildman–Crippen MR) is 103 cm³/mol. The van der Waals surface area contributed by atoms with Crippen molar-refractivity contribution in [3.05, 3.63) is 35.4 Å². The van der Waals surface area contributed by atoms with Crippen LogP contribution < -0.4 is 11.1 Å². The summed E-state index contributed by atoms with van der Waals surface area (Å²) >= 11 is 5.53. The summed E-state index contributed by atoms with van der Waals surface area (Å²) in [6.45, 7) is 0.306. The molecule has 6 nitrogen and oxygen atoms in total. The zero-order valence-electron chi connectivity index (χ0n) is 14.1. The van der Waals surface area contributed by atoms with Crippen LogP contribution in [0.25, 0.3) is 0 Å². The first-order chi connectivity index (χ1) is 11.9. The molecule has 1 amide bonds. The number of aliphatic carboxylic acids is 1. The van der Waals surface area contributed by atoms with Gasteiger partial charge in [-0.2, -0.15) is 24.4 Å². The van der Waals surface area contributed by atoms with Gasteiger partial charge in [0.2, 0.25) is 5.91 Å². The Morgan fingerprint density at radius 3 is 2.44 bits per heavy atom. The molecule has 138 valence electrons. The molecule has 1 aromatic rings. The number of thiol groups is 1. The van der Waals surface area contributed by atoms with Gasteiger partial charge in [0.25, 0.3) is 0 Å². The summed E-state index contributed by atoms with van der Waals surface area (Å²) < 4.78 is 0. The maximum absolute atomic E-state index is 12.3. The summed E-state index contributed by atoms with van der Waals surface area (Å²) in [5.41, 5.74) is 6.86. The molecular formula is C17H24N2O4S2. The van der Waals surface area contributed by atoms with Crippen molar-refractivity contribution in [2.45, 2.75) is 25.4 Å². The standard InChI is InChI=1S/C17H24N2O4S2/c1-25-7-6-13(17(22)23)8-15(20)12-4-2-11(3-5-12)9-19-16(21)14(18)10-24/h2-5,13-14,24H,6-10,18H2,1H3,(H,19,21)(H,22,23)/t13-,14+/m1/s1. The number of benzene rings is 1. The van der Waals surface area contributed by atoms with Crippen LogP contribution in [-0.2, 0) is 16.1 Å². The molecule has 25 heavy (non-hydrogen) atoms. The smallest absolute Gasteiger partial charge is 0.306 e. The molecule has 4 N–H and O–H groups in total. The van der Waals surface area contributed by atoms with Gasteiger partial charge in [-0.25, -0.2) is 0 Å². The first-order valence-electron chi connectivity index (χ1n) is 7.87. The summed E-state index contributed by atoms with van der Waals surface area (Å²) in [5, 5.41) is 11.9. The third-order valence-electron chi connectivity index (χ3n) is 3.73. The van der Waals surface area contributed by atoms with Gasteiger partial charge in [0, 0.05) is 24.3 Å². The number of hydrogen-bond donors (Lipinski definition) is 4. The molecule has 8 heteroatoms. The van der Waals surface area contributed by atoms with Crippen molar-refractivity contribution < 1.29 is 19.5 Å². The number of nitrogens with two attached hydrogens (primary N) is 1. The molecular weight excluding hydrogens is 360 g/mol. The summed E-state index contributed by atoms with van der Waals surface area (Å²) in [4.78, 5) is 35.1. The van der Waals surface area contributed by atoms with Crippen LogP contribution in [0.4, 0.5) is 0 Å². The Labute approximate surface area is 157 Å². The lowest BCUT2D eigenvalue weighted by atomic mass is 9.95. The van der Waals surface area contributed by atoms with Crippen molar-refractivity contribution in [1.29, 1.82) is 0 Å². The topological polar surface area (TPSA) is 109 Å². The number of amides is 1. The lowest BCUT2D eigenvalue weighted by Crippen LogP contribution is -2.41. The molecule has 0 bridgehead atoms. The van der Waals surface area contributed by atoms with Gasteiger partial charge in [-0.3, -0.25) is 14.4 Å². The number of carboxylic acid groups (broad SMARTS) is 1. The molecule has 0 heterocycles. The predicted octanol–water partition coefficient (Wildman–Crippen LogP) is 1.59. The highest BCUT2D eigenvalue weighted by Crippen LogP contribution is 2.17. The fourth-order valence-electron chi connectivity index (χ4n) is 2.13. The highest BCUT2D eigenvalue weighted by molar-refractivity contribution is 7.98. The number of hydrogen-bond acceptors (Lipinski definition) is 6. The first-order valence-corrected chi connectivity index (χ1v) is 9.89. The van der Waals surface area contributed by atoms with Gasteiger partial charge in [0.05, 0.1) is 12.0 Å². The minimum atomic E-state index is -0.942. The number of nitrogens with one attached hydrogen (secondary N) is 1. The van der Waals surface area contributed by atoms with Crippen molar-refractivity contribution >= 4 is 42.1 Å². The van der Waals surface area contributed by atoms with Crippen LogP contribution in [0.15, 0.2) is 24.3 Å². The van der Waals surface area contributed by atoms with E-state index in [0.717, 1.165) is 5.56 Å². The lowest BCUT2D eigenvalue weighted by molar-refractivity contribution is -0.141. The van der Waals surface area contributed by atoms with Gasteiger partial charge in [-0.05, 0) is 24.0 Å². The molecule has 0 saturated carbocycles. The first kappa shape index (κ1) is 21.5. The lowest BCUT2D eigenvalue weighted by Gasteiger charge is -2.12. The highest BCUT2D eigenvalue weighted by Gasteiger charge is 2.21. The second kappa shape index (κ2) is 11.2. The quantitative estimate of drug-likeness (QED) is 0.341. The van der Waals surface area contributed by atoms with E-state index in [1.165, 1.54) is 0 Å². The van der Waals surface area contributed by atoms with Crippen molar-refractivity contribution in [3.8, 4) is 0 Å². The van der Waals surface area contributed by atoms with Crippen LogP contribution in [-0.4, -0.2) is 46.6 Å². The van der Waals surface area contributed by atoms with E-state index < -0.39 is 17.9 Å². The summed E-state index contributed by atoms with van der Waals surface area (Å²) in [5.74, 6) is -1.11. The number of carbonyl (C=O) groups is 3. The van der Waals surface area contributed by atoms with Gasteiger partial charge < -0.3 is 16.2 Å². The Hall–Kier alpha value is -1.51. The van der Waals surface area contributed by atoms with E-state index in [1.54, 1.807) is 36.0 Å². The highest BCUT2D eigenvalue weighted by atomic mass is 32.2. The molecule has 1 rings (SSSR count). The third-order valence-corrected chi connectivity index (χ3v) is 4.76. The molecule has 0 unspecified atom stereocenters. The van der Waals surface area contributed by atoms with E-state index in [2.05, 4.69) is 17.9 Å². The Morgan fingerprint density at radius 1 is 1.28 bits per heavy atom. The number of ketones is 1. The maximum Gasteiger partial charge on any atom is 0.306 e. The van der Waals surface area contributed by atoms with E-state index in [9.17, 15) is 19.5 Å². The Morgan fingerprint density at radius 2 is 1.92 bits per heavy atom. The number of carbonyl (C=O) groups excluding carboxylic acids is 2. The van der Waals surface area contributed by atoms with Gasteiger partial charge >= 0.3 is 5.97 Å². The molecule has 0 radical (unpaired) electrons. The SMILES string of the molecule is CSCC[C@H](CC(=O)c1ccc(CNC(=O)[C@@H](N)CS)cc1)C(=O)O.